The van der Waals surface area contributed by atoms with Crippen molar-refractivity contribution in [3.63, 3.8) is 0 Å². The van der Waals surface area contributed by atoms with E-state index in [0.717, 1.165) is 0 Å². The first kappa shape index (κ1) is 18.4. The standard InChI is InChI=1S/C14H13F3N2O4/c1-2-23-12(21)13(22,14(15,16)17)7-11(20)19-10-5-3-9(8-18)4-6-10/h3-6,22H,2,7H2,1H3,(H,19,20)/t13-/m1/s1. The van der Waals surface area contributed by atoms with Crippen molar-refractivity contribution in [2.75, 3.05) is 11.9 Å². The largest absolute Gasteiger partial charge is 0.464 e. The molecule has 0 aromatic heterocycles. The second-order valence-electron chi connectivity index (χ2n) is 4.49. The minimum atomic E-state index is -5.37. The van der Waals surface area contributed by atoms with Crippen molar-refractivity contribution in [2.24, 2.45) is 0 Å². The van der Waals surface area contributed by atoms with Gasteiger partial charge in [0.2, 0.25) is 5.91 Å². The molecule has 23 heavy (non-hydrogen) atoms. The van der Waals surface area contributed by atoms with E-state index in [1.54, 1.807) is 0 Å². The van der Waals surface area contributed by atoms with Gasteiger partial charge >= 0.3 is 12.1 Å². The molecular formula is C14H13F3N2O4. The molecular weight excluding hydrogens is 317 g/mol. The summed E-state index contributed by atoms with van der Waals surface area (Å²) in [4.78, 5) is 23.1. The second-order valence-corrected chi connectivity index (χ2v) is 4.49. The summed E-state index contributed by atoms with van der Waals surface area (Å²) in [5.74, 6) is -3.18. The zero-order valence-corrected chi connectivity index (χ0v) is 12.0. The van der Waals surface area contributed by atoms with E-state index >= 15 is 0 Å². The highest BCUT2D eigenvalue weighted by Crippen LogP contribution is 2.34. The zero-order valence-electron chi connectivity index (χ0n) is 12.0. The quantitative estimate of drug-likeness (QED) is 0.801. The number of hydrogen-bond acceptors (Lipinski definition) is 5. The topological polar surface area (TPSA) is 99.4 Å². The molecule has 6 nitrogen and oxygen atoms in total. The van der Waals surface area contributed by atoms with E-state index in [1.807, 2.05) is 6.07 Å². The molecule has 1 amide bonds. The van der Waals surface area contributed by atoms with E-state index in [4.69, 9.17) is 5.26 Å². The lowest BCUT2D eigenvalue weighted by Gasteiger charge is -2.27. The molecule has 1 rings (SSSR count). The Labute approximate surface area is 129 Å². The van der Waals surface area contributed by atoms with Crippen LogP contribution in [0.2, 0.25) is 0 Å². The second kappa shape index (κ2) is 7.11. The Morgan fingerprint density at radius 2 is 1.87 bits per heavy atom. The van der Waals surface area contributed by atoms with Crippen LogP contribution in [-0.2, 0) is 14.3 Å². The Kier molecular flexibility index (Phi) is 5.70. The Hall–Kier alpha value is -2.60. The molecule has 0 fully saturated rings. The van der Waals surface area contributed by atoms with Crippen LogP contribution < -0.4 is 5.32 Å². The smallest absolute Gasteiger partial charge is 0.428 e. The van der Waals surface area contributed by atoms with Crippen molar-refractivity contribution < 1.29 is 32.6 Å². The molecule has 0 spiro atoms. The summed E-state index contributed by atoms with van der Waals surface area (Å²) in [5, 5.41) is 20.3. The fourth-order valence-electron chi connectivity index (χ4n) is 1.60. The summed E-state index contributed by atoms with van der Waals surface area (Å²) >= 11 is 0. The van der Waals surface area contributed by atoms with Gasteiger partial charge in [0.15, 0.2) is 0 Å². The highest BCUT2D eigenvalue weighted by Gasteiger charge is 2.61. The molecule has 0 radical (unpaired) electrons. The number of hydrogen-bond donors (Lipinski definition) is 2. The maximum absolute atomic E-state index is 12.9. The number of alkyl halides is 3. The zero-order chi connectivity index (χ0) is 17.7. The normalized spacial score (nSPS) is 13.6. The van der Waals surface area contributed by atoms with E-state index in [0.29, 0.717) is 5.56 Å². The number of benzene rings is 1. The number of esters is 1. The van der Waals surface area contributed by atoms with Crippen LogP contribution in [0.5, 0.6) is 0 Å². The summed E-state index contributed by atoms with van der Waals surface area (Å²) in [6.07, 6.45) is -6.92. The summed E-state index contributed by atoms with van der Waals surface area (Å²) in [7, 11) is 0. The molecule has 0 saturated heterocycles. The Morgan fingerprint density at radius 1 is 1.30 bits per heavy atom. The lowest BCUT2D eigenvalue weighted by molar-refractivity contribution is -0.262. The van der Waals surface area contributed by atoms with Crippen molar-refractivity contribution in [3.05, 3.63) is 29.8 Å². The van der Waals surface area contributed by atoms with E-state index in [2.05, 4.69) is 10.1 Å². The number of rotatable bonds is 5. The fraction of sp³-hybridized carbons (Fsp3) is 0.357. The molecule has 0 aliphatic carbocycles. The summed E-state index contributed by atoms with van der Waals surface area (Å²) in [6, 6.07) is 7.12. The maximum Gasteiger partial charge on any atom is 0.428 e. The molecule has 0 aliphatic rings. The summed E-state index contributed by atoms with van der Waals surface area (Å²) < 4.78 is 42.9. The molecule has 1 aromatic rings. The van der Waals surface area contributed by atoms with Gasteiger partial charge in [0.05, 0.1) is 24.7 Å². The number of anilines is 1. The van der Waals surface area contributed by atoms with Gasteiger partial charge in [0, 0.05) is 5.69 Å². The van der Waals surface area contributed by atoms with Crippen LogP contribution >= 0.6 is 0 Å². The third kappa shape index (κ3) is 4.43. The third-order valence-corrected chi connectivity index (χ3v) is 2.80. The fourth-order valence-corrected chi connectivity index (χ4v) is 1.60. The Morgan fingerprint density at radius 3 is 2.30 bits per heavy atom. The van der Waals surface area contributed by atoms with Crippen LogP contribution in [0, 0.1) is 11.3 Å². The minimum Gasteiger partial charge on any atom is -0.464 e. The predicted molar refractivity (Wildman–Crippen MR) is 72.0 cm³/mol. The number of aliphatic hydroxyl groups is 1. The van der Waals surface area contributed by atoms with Crippen molar-refractivity contribution in [3.8, 4) is 6.07 Å². The molecule has 1 aromatic carbocycles. The number of halogens is 3. The maximum atomic E-state index is 12.9. The van der Waals surface area contributed by atoms with Crippen molar-refractivity contribution in [2.45, 2.75) is 25.1 Å². The van der Waals surface area contributed by atoms with Gasteiger partial charge < -0.3 is 15.2 Å². The lowest BCUT2D eigenvalue weighted by atomic mass is 9.98. The molecule has 0 heterocycles. The molecule has 9 heteroatoms. The van der Waals surface area contributed by atoms with E-state index in [1.165, 1.54) is 31.2 Å². The van der Waals surface area contributed by atoms with Crippen molar-refractivity contribution in [1.82, 2.24) is 0 Å². The number of nitriles is 1. The van der Waals surface area contributed by atoms with Gasteiger partial charge in [-0.1, -0.05) is 0 Å². The van der Waals surface area contributed by atoms with Crippen LogP contribution in [0.4, 0.5) is 18.9 Å². The number of nitrogens with one attached hydrogen (secondary N) is 1. The van der Waals surface area contributed by atoms with Gasteiger partial charge in [0.25, 0.3) is 5.60 Å². The van der Waals surface area contributed by atoms with Gasteiger partial charge in [-0.3, -0.25) is 4.79 Å². The first-order chi connectivity index (χ1) is 10.6. The van der Waals surface area contributed by atoms with Crippen LogP contribution in [0.15, 0.2) is 24.3 Å². The van der Waals surface area contributed by atoms with Crippen molar-refractivity contribution >= 4 is 17.6 Å². The minimum absolute atomic E-state index is 0.113. The highest BCUT2D eigenvalue weighted by atomic mass is 19.4. The number of ether oxygens (including phenoxy) is 1. The van der Waals surface area contributed by atoms with Crippen molar-refractivity contribution in [1.29, 1.82) is 5.26 Å². The number of nitrogens with zero attached hydrogens (tertiary/aromatic N) is 1. The molecule has 0 bridgehead atoms. The van der Waals surface area contributed by atoms with Crippen LogP contribution in [-0.4, -0.2) is 35.4 Å². The van der Waals surface area contributed by atoms with Gasteiger partial charge in [-0.25, -0.2) is 4.79 Å². The van der Waals surface area contributed by atoms with Crippen LogP contribution in [0.3, 0.4) is 0 Å². The SMILES string of the molecule is CCOC(=O)[C@](O)(CC(=O)Nc1ccc(C#N)cc1)C(F)(F)F. The first-order valence-corrected chi connectivity index (χ1v) is 6.40. The predicted octanol–water partition coefficient (Wildman–Crippen LogP) is 1.74. The lowest BCUT2D eigenvalue weighted by Crippen LogP contribution is -2.54. The monoisotopic (exact) mass is 330 g/mol. The third-order valence-electron chi connectivity index (χ3n) is 2.80. The molecule has 0 aliphatic heterocycles. The van der Waals surface area contributed by atoms with E-state index in [9.17, 15) is 27.9 Å². The van der Waals surface area contributed by atoms with Gasteiger partial charge in [0.1, 0.15) is 0 Å². The average molecular weight is 330 g/mol. The molecule has 2 N–H and O–H groups in total. The Balaban J connectivity index is 2.89. The first-order valence-electron chi connectivity index (χ1n) is 6.40. The summed E-state index contributed by atoms with van der Waals surface area (Å²) in [5.41, 5.74) is -3.52. The number of amides is 1. The van der Waals surface area contributed by atoms with E-state index < -0.39 is 30.1 Å². The molecule has 1 atom stereocenters. The molecule has 124 valence electrons. The van der Waals surface area contributed by atoms with Crippen LogP contribution in [0.25, 0.3) is 0 Å². The summed E-state index contributed by atoms with van der Waals surface area (Å²) in [6.45, 7) is 0.889. The average Bonchev–Trinajstić information content (AvgIpc) is 2.46. The van der Waals surface area contributed by atoms with E-state index in [-0.39, 0.29) is 12.3 Å². The molecule has 0 saturated carbocycles. The van der Waals surface area contributed by atoms with Crippen LogP contribution in [0.1, 0.15) is 18.9 Å². The van der Waals surface area contributed by atoms with Gasteiger partial charge in [-0.05, 0) is 31.2 Å². The highest BCUT2D eigenvalue weighted by molar-refractivity contribution is 5.96. The number of carbonyl (C=O) groups excluding carboxylic acids is 2. The van der Waals surface area contributed by atoms with Gasteiger partial charge in [-0.2, -0.15) is 18.4 Å². The van der Waals surface area contributed by atoms with Gasteiger partial charge in [-0.15, -0.1) is 0 Å². The Bertz CT molecular complexity index is 622. The molecule has 0 unspecified atom stereocenters. The number of carbonyl (C=O) groups is 2.